The lowest BCUT2D eigenvalue weighted by atomic mass is 9.96. The van der Waals surface area contributed by atoms with Crippen molar-refractivity contribution in [2.24, 2.45) is 11.8 Å². The Bertz CT molecular complexity index is 198. The lowest BCUT2D eigenvalue weighted by molar-refractivity contribution is -0.0163. The third-order valence-electron chi connectivity index (χ3n) is 3.97. The summed E-state index contributed by atoms with van der Waals surface area (Å²) in [5.41, 5.74) is 0. The fraction of sp³-hybridized carbons (Fsp3) is 1.00. The smallest absolute Gasteiger partial charge is 0.0622 e. The summed E-state index contributed by atoms with van der Waals surface area (Å²) in [4.78, 5) is 2.64. The third-order valence-corrected chi connectivity index (χ3v) is 3.97. The lowest BCUT2D eigenvalue weighted by Crippen LogP contribution is -2.47. The van der Waals surface area contributed by atoms with Crippen LogP contribution in [0, 0.1) is 11.8 Å². The predicted octanol–water partition coefficient (Wildman–Crippen LogP) is 0.953. The number of nitrogens with zero attached hydrogens (tertiary/aromatic N) is 1. The molecule has 1 unspecified atom stereocenters. The van der Waals surface area contributed by atoms with E-state index in [9.17, 15) is 0 Å². The Balaban J connectivity index is 1.85. The zero-order chi connectivity index (χ0) is 10.7. The van der Waals surface area contributed by atoms with Crippen molar-refractivity contribution in [2.75, 3.05) is 39.4 Å². The number of rotatable bonds is 3. The van der Waals surface area contributed by atoms with Crippen LogP contribution in [0.4, 0.5) is 0 Å². The Kier molecular flexibility index (Phi) is 4.00. The molecular formula is C12H24N2O. The minimum atomic E-state index is 0.659. The van der Waals surface area contributed by atoms with E-state index in [-0.39, 0.29) is 0 Å². The maximum absolute atomic E-state index is 5.54. The maximum Gasteiger partial charge on any atom is 0.0622 e. The molecule has 0 aromatic rings. The van der Waals surface area contributed by atoms with Crippen molar-refractivity contribution in [3.63, 3.8) is 0 Å². The summed E-state index contributed by atoms with van der Waals surface area (Å²) < 4.78 is 5.54. The first-order valence-electron chi connectivity index (χ1n) is 6.33. The van der Waals surface area contributed by atoms with Crippen molar-refractivity contribution in [1.29, 1.82) is 0 Å². The van der Waals surface area contributed by atoms with Gasteiger partial charge in [0.25, 0.3) is 0 Å². The molecule has 2 fully saturated rings. The fourth-order valence-electron chi connectivity index (χ4n) is 2.72. The molecule has 0 aliphatic carbocycles. The van der Waals surface area contributed by atoms with Crippen molar-refractivity contribution < 1.29 is 4.74 Å². The molecule has 3 nitrogen and oxygen atoms in total. The summed E-state index contributed by atoms with van der Waals surface area (Å²) in [6, 6.07) is 0.659. The molecule has 15 heavy (non-hydrogen) atoms. The summed E-state index contributed by atoms with van der Waals surface area (Å²) in [6.45, 7) is 11.3. The van der Waals surface area contributed by atoms with E-state index in [4.69, 9.17) is 4.74 Å². The summed E-state index contributed by atoms with van der Waals surface area (Å²) in [5.74, 6) is 1.68. The number of ether oxygens (including phenoxy) is 1. The van der Waals surface area contributed by atoms with Crippen LogP contribution in [-0.4, -0.2) is 50.3 Å². The number of nitrogens with one attached hydrogen (secondary N) is 1. The fourth-order valence-corrected chi connectivity index (χ4v) is 2.72. The molecular weight excluding hydrogens is 188 g/mol. The van der Waals surface area contributed by atoms with Gasteiger partial charge in [-0.25, -0.2) is 0 Å². The Morgan fingerprint density at radius 3 is 2.93 bits per heavy atom. The van der Waals surface area contributed by atoms with Crippen LogP contribution in [0.2, 0.25) is 0 Å². The quantitative estimate of drug-likeness (QED) is 0.754. The van der Waals surface area contributed by atoms with Crippen LogP contribution in [0.25, 0.3) is 0 Å². The molecule has 0 saturated carbocycles. The zero-order valence-electron chi connectivity index (χ0n) is 10.0. The van der Waals surface area contributed by atoms with E-state index in [1.54, 1.807) is 0 Å². The molecule has 3 heteroatoms. The largest absolute Gasteiger partial charge is 0.378 e. The monoisotopic (exact) mass is 212 g/mol. The van der Waals surface area contributed by atoms with Gasteiger partial charge in [0.1, 0.15) is 0 Å². The van der Waals surface area contributed by atoms with Crippen LogP contribution in [0.15, 0.2) is 0 Å². The molecule has 1 N–H and O–H groups in total. The van der Waals surface area contributed by atoms with E-state index < -0.39 is 0 Å². The van der Waals surface area contributed by atoms with Crippen molar-refractivity contribution >= 4 is 0 Å². The van der Waals surface area contributed by atoms with Crippen LogP contribution in [0.1, 0.15) is 20.3 Å². The average Bonchev–Trinajstić information content (AvgIpc) is 2.65. The highest BCUT2D eigenvalue weighted by atomic mass is 16.5. The topological polar surface area (TPSA) is 24.5 Å². The van der Waals surface area contributed by atoms with E-state index in [2.05, 4.69) is 24.1 Å². The van der Waals surface area contributed by atoms with E-state index >= 15 is 0 Å². The first-order valence-corrected chi connectivity index (χ1v) is 6.33. The highest BCUT2D eigenvalue weighted by molar-refractivity contribution is 4.83. The predicted molar refractivity (Wildman–Crippen MR) is 62.0 cm³/mol. The van der Waals surface area contributed by atoms with Gasteiger partial charge in [-0.15, -0.1) is 0 Å². The Hall–Kier alpha value is -0.120. The van der Waals surface area contributed by atoms with Gasteiger partial charge in [0.2, 0.25) is 0 Å². The Labute approximate surface area is 93.2 Å². The molecule has 2 rings (SSSR count). The molecule has 0 aromatic carbocycles. The van der Waals surface area contributed by atoms with E-state index in [0.29, 0.717) is 6.04 Å². The molecule has 3 atom stereocenters. The van der Waals surface area contributed by atoms with Crippen LogP contribution in [0.3, 0.4) is 0 Å². The van der Waals surface area contributed by atoms with Crippen LogP contribution < -0.4 is 5.32 Å². The minimum absolute atomic E-state index is 0.659. The number of hydrogen-bond donors (Lipinski definition) is 1. The van der Waals surface area contributed by atoms with Gasteiger partial charge in [-0.1, -0.05) is 13.8 Å². The van der Waals surface area contributed by atoms with Crippen LogP contribution in [-0.2, 0) is 4.74 Å². The maximum atomic E-state index is 5.54. The second kappa shape index (κ2) is 5.28. The zero-order valence-corrected chi connectivity index (χ0v) is 10.0. The minimum Gasteiger partial charge on any atom is -0.378 e. The molecule has 2 aliphatic heterocycles. The van der Waals surface area contributed by atoms with Gasteiger partial charge in [-0.05, 0) is 31.3 Å². The van der Waals surface area contributed by atoms with E-state index in [1.165, 1.54) is 26.1 Å². The van der Waals surface area contributed by atoms with Crippen molar-refractivity contribution in [3.8, 4) is 0 Å². The average molecular weight is 212 g/mol. The highest BCUT2D eigenvalue weighted by Gasteiger charge is 2.29. The van der Waals surface area contributed by atoms with Gasteiger partial charge in [-0.2, -0.15) is 0 Å². The number of hydrogen-bond acceptors (Lipinski definition) is 3. The van der Waals surface area contributed by atoms with E-state index in [0.717, 1.165) is 31.6 Å². The highest BCUT2D eigenvalue weighted by Crippen LogP contribution is 2.20. The van der Waals surface area contributed by atoms with Gasteiger partial charge in [0.05, 0.1) is 13.2 Å². The molecule has 0 spiro atoms. The van der Waals surface area contributed by atoms with E-state index in [1.807, 2.05) is 0 Å². The van der Waals surface area contributed by atoms with Gasteiger partial charge >= 0.3 is 0 Å². The van der Waals surface area contributed by atoms with Crippen LogP contribution >= 0.6 is 0 Å². The van der Waals surface area contributed by atoms with Crippen LogP contribution in [0.5, 0.6) is 0 Å². The summed E-state index contributed by atoms with van der Waals surface area (Å²) in [7, 11) is 0. The molecule has 0 aromatic heterocycles. The molecule has 0 radical (unpaired) electrons. The summed E-state index contributed by atoms with van der Waals surface area (Å²) in [6.07, 6.45) is 1.22. The SMILES string of the molecule is CCC1COCCN1C[C@@H]1CNC[C@H]1C. The second-order valence-corrected chi connectivity index (χ2v) is 5.03. The lowest BCUT2D eigenvalue weighted by Gasteiger charge is -2.37. The molecule has 2 aliphatic rings. The standard InChI is InChI=1S/C12H24N2O/c1-3-12-9-15-5-4-14(12)8-11-7-13-6-10(11)2/h10-13H,3-9H2,1-2H3/t10-,11+,12?/m1/s1. The van der Waals surface area contributed by atoms with Crippen molar-refractivity contribution in [1.82, 2.24) is 10.2 Å². The first kappa shape index (κ1) is 11.4. The van der Waals surface area contributed by atoms with Crippen molar-refractivity contribution in [3.05, 3.63) is 0 Å². The third kappa shape index (κ3) is 2.71. The second-order valence-electron chi connectivity index (χ2n) is 5.03. The molecule has 0 bridgehead atoms. The van der Waals surface area contributed by atoms with Gasteiger partial charge in [-0.3, -0.25) is 4.90 Å². The summed E-state index contributed by atoms with van der Waals surface area (Å²) >= 11 is 0. The molecule has 2 saturated heterocycles. The molecule has 2 heterocycles. The Morgan fingerprint density at radius 1 is 1.40 bits per heavy atom. The van der Waals surface area contributed by atoms with Crippen molar-refractivity contribution in [2.45, 2.75) is 26.3 Å². The summed E-state index contributed by atoms with van der Waals surface area (Å²) in [5, 5.41) is 3.49. The van der Waals surface area contributed by atoms with Gasteiger partial charge < -0.3 is 10.1 Å². The molecule has 0 amide bonds. The first-order chi connectivity index (χ1) is 7.31. The Morgan fingerprint density at radius 2 is 2.27 bits per heavy atom. The normalized spacial score (nSPS) is 38.4. The van der Waals surface area contributed by atoms with Gasteiger partial charge in [0, 0.05) is 19.1 Å². The number of morpholine rings is 1. The molecule has 88 valence electrons. The van der Waals surface area contributed by atoms with Gasteiger partial charge in [0.15, 0.2) is 0 Å².